The molecule has 7 nitrogen and oxygen atoms in total. The van der Waals surface area contributed by atoms with Crippen LogP contribution in [0.1, 0.15) is 31.2 Å². The Kier molecular flexibility index (Phi) is 6.59. The van der Waals surface area contributed by atoms with Crippen molar-refractivity contribution in [3.8, 4) is 11.4 Å². The van der Waals surface area contributed by atoms with E-state index in [0.717, 1.165) is 47.9 Å². The zero-order chi connectivity index (χ0) is 20.6. The fourth-order valence-electron chi connectivity index (χ4n) is 3.12. The van der Waals surface area contributed by atoms with Gasteiger partial charge in [-0.1, -0.05) is 36.4 Å². The van der Waals surface area contributed by atoms with Crippen molar-refractivity contribution in [3.63, 3.8) is 0 Å². The van der Waals surface area contributed by atoms with Crippen molar-refractivity contribution in [2.24, 2.45) is 10.9 Å². The van der Waals surface area contributed by atoms with Crippen LogP contribution in [0.15, 0.2) is 65.9 Å². The molecule has 0 radical (unpaired) electrons. The first-order chi connectivity index (χ1) is 14.8. The van der Waals surface area contributed by atoms with Gasteiger partial charge in [-0.2, -0.15) is 0 Å². The monoisotopic (exact) mass is 404 g/mol. The smallest absolute Gasteiger partial charge is 0.191 e. The van der Waals surface area contributed by atoms with Crippen molar-refractivity contribution in [2.75, 3.05) is 13.2 Å². The van der Waals surface area contributed by atoms with Gasteiger partial charge in [-0.25, -0.2) is 4.99 Å². The molecule has 0 amide bonds. The second-order valence-corrected chi connectivity index (χ2v) is 7.36. The molecule has 1 saturated carbocycles. The summed E-state index contributed by atoms with van der Waals surface area (Å²) in [5.41, 5.74) is 2.12. The SMILES string of the molecule is CCNC(=NCc1ccccc1OCC1CC1)NCc1nncn1-c1ccccc1. The third-order valence-electron chi connectivity index (χ3n) is 4.96. The van der Waals surface area contributed by atoms with Crippen LogP contribution in [-0.4, -0.2) is 33.9 Å². The number of hydrogen-bond acceptors (Lipinski definition) is 4. The Morgan fingerprint density at radius 1 is 1.10 bits per heavy atom. The summed E-state index contributed by atoms with van der Waals surface area (Å²) in [7, 11) is 0. The zero-order valence-corrected chi connectivity index (χ0v) is 17.3. The Balaban J connectivity index is 1.41. The molecule has 4 rings (SSSR count). The molecule has 0 atom stereocenters. The van der Waals surface area contributed by atoms with Gasteiger partial charge in [-0.05, 0) is 43.9 Å². The number of aliphatic imine (C=N–C) groups is 1. The number of para-hydroxylation sites is 2. The molecular formula is C23H28N6O. The predicted molar refractivity (Wildman–Crippen MR) is 118 cm³/mol. The summed E-state index contributed by atoms with van der Waals surface area (Å²) in [6, 6.07) is 18.2. The normalized spacial score (nSPS) is 13.8. The lowest BCUT2D eigenvalue weighted by Gasteiger charge is -2.13. The van der Waals surface area contributed by atoms with E-state index in [1.807, 2.05) is 53.1 Å². The number of rotatable bonds is 9. The maximum atomic E-state index is 6.01. The standard InChI is InChI=1S/C23H28N6O/c1-2-24-23(25-14-19-8-6-7-11-21(19)30-16-18-12-13-18)26-15-22-28-27-17-29(22)20-9-4-3-5-10-20/h3-11,17-18H,2,12-16H2,1H3,(H2,24,25,26). The van der Waals surface area contributed by atoms with Gasteiger partial charge in [0.2, 0.25) is 0 Å². The maximum Gasteiger partial charge on any atom is 0.191 e. The first kappa shape index (κ1) is 19.9. The molecule has 0 bridgehead atoms. The van der Waals surface area contributed by atoms with Crippen molar-refractivity contribution in [1.82, 2.24) is 25.4 Å². The Morgan fingerprint density at radius 3 is 2.70 bits per heavy atom. The van der Waals surface area contributed by atoms with Crippen LogP contribution in [0.5, 0.6) is 5.75 Å². The minimum atomic E-state index is 0.514. The van der Waals surface area contributed by atoms with E-state index in [4.69, 9.17) is 9.73 Å². The van der Waals surface area contributed by atoms with Crippen molar-refractivity contribution < 1.29 is 4.74 Å². The van der Waals surface area contributed by atoms with E-state index >= 15 is 0 Å². The number of benzene rings is 2. The molecule has 0 spiro atoms. The molecule has 0 aliphatic heterocycles. The lowest BCUT2D eigenvalue weighted by molar-refractivity contribution is 0.297. The van der Waals surface area contributed by atoms with Crippen molar-refractivity contribution in [1.29, 1.82) is 0 Å². The molecule has 1 heterocycles. The summed E-state index contributed by atoms with van der Waals surface area (Å²) >= 11 is 0. The number of nitrogens with zero attached hydrogens (tertiary/aromatic N) is 4. The Labute approximate surface area is 177 Å². The van der Waals surface area contributed by atoms with Crippen LogP contribution < -0.4 is 15.4 Å². The van der Waals surface area contributed by atoms with Gasteiger partial charge in [0, 0.05) is 17.8 Å². The highest BCUT2D eigenvalue weighted by Crippen LogP contribution is 2.30. The molecule has 1 fully saturated rings. The van der Waals surface area contributed by atoms with E-state index in [2.05, 4.69) is 33.8 Å². The van der Waals surface area contributed by atoms with E-state index < -0.39 is 0 Å². The molecule has 1 aromatic heterocycles. The first-order valence-electron chi connectivity index (χ1n) is 10.5. The molecule has 0 unspecified atom stereocenters. The highest BCUT2D eigenvalue weighted by Gasteiger charge is 2.22. The molecule has 2 aromatic carbocycles. The van der Waals surface area contributed by atoms with Crippen molar-refractivity contribution >= 4 is 5.96 Å². The summed E-state index contributed by atoms with van der Waals surface area (Å²) in [4.78, 5) is 4.75. The number of ether oxygens (including phenoxy) is 1. The van der Waals surface area contributed by atoms with Crippen LogP contribution in [0.4, 0.5) is 0 Å². The predicted octanol–water partition coefficient (Wildman–Crippen LogP) is 3.31. The highest BCUT2D eigenvalue weighted by atomic mass is 16.5. The molecule has 7 heteroatoms. The molecule has 1 aliphatic carbocycles. The molecule has 2 N–H and O–H groups in total. The van der Waals surface area contributed by atoms with Gasteiger partial charge in [0.05, 0.1) is 19.7 Å². The van der Waals surface area contributed by atoms with Crippen LogP contribution in [0.3, 0.4) is 0 Å². The van der Waals surface area contributed by atoms with E-state index in [-0.39, 0.29) is 0 Å². The van der Waals surface area contributed by atoms with Gasteiger partial charge in [-0.3, -0.25) is 4.57 Å². The second-order valence-electron chi connectivity index (χ2n) is 7.36. The fourth-order valence-corrected chi connectivity index (χ4v) is 3.12. The minimum Gasteiger partial charge on any atom is -0.493 e. The van der Waals surface area contributed by atoms with Crippen LogP contribution in [-0.2, 0) is 13.1 Å². The summed E-state index contributed by atoms with van der Waals surface area (Å²) in [5.74, 6) is 3.20. The number of guanidine groups is 1. The van der Waals surface area contributed by atoms with Crippen molar-refractivity contribution in [2.45, 2.75) is 32.9 Å². The third kappa shape index (κ3) is 5.37. The molecule has 30 heavy (non-hydrogen) atoms. The van der Waals surface area contributed by atoms with Gasteiger partial charge in [0.25, 0.3) is 0 Å². The largest absolute Gasteiger partial charge is 0.493 e. The van der Waals surface area contributed by atoms with Crippen LogP contribution in [0.25, 0.3) is 5.69 Å². The average molecular weight is 405 g/mol. The number of nitrogens with one attached hydrogen (secondary N) is 2. The maximum absolute atomic E-state index is 6.01. The Morgan fingerprint density at radius 2 is 1.90 bits per heavy atom. The van der Waals surface area contributed by atoms with Gasteiger partial charge in [-0.15, -0.1) is 10.2 Å². The van der Waals surface area contributed by atoms with Gasteiger partial charge >= 0.3 is 0 Å². The summed E-state index contributed by atoms with van der Waals surface area (Å²) in [6.07, 6.45) is 4.29. The van der Waals surface area contributed by atoms with Crippen LogP contribution in [0, 0.1) is 5.92 Å². The van der Waals surface area contributed by atoms with Crippen LogP contribution in [0.2, 0.25) is 0 Å². The Bertz CT molecular complexity index is 965. The zero-order valence-electron chi connectivity index (χ0n) is 17.3. The highest BCUT2D eigenvalue weighted by molar-refractivity contribution is 5.79. The van der Waals surface area contributed by atoms with E-state index in [1.54, 1.807) is 6.33 Å². The third-order valence-corrected chi connectivity index (χ3v) is 4.96. The topological polar surface area (TPSA) is 76.4 Å². The quantitative estimate of drug-likeness (QED) is 0.423. The summed E-state index contributed by atoms with van der Waals surface area (Å²) in [5, 5.41) is 15.0. The number of aromatic nitrogens is 3. The van der Waals surface area contributed by atoms with Crippen molar-refractivity contribution in [3.05, 3.63) is 72.3 Å². The van der Waals surface area contributed by atoms with Crippen LogP contribution >= 0.6 is 0 Å². The lowest BCUT2D eigenvalue weighted by atomic mass is 10.2. The van der Waals surface area contributed by atoms with Gasteiger partial charge in [0.1, 0.15) is 12.1 Å². The molecule has 3 aromatic rings. The van der Waals surface area contributed by atoms with Gasteiger partial charge in [0.15, 0.2) is 11.8 Å². The molecule has 0 saturated heterocycles. The molecule has 156 valence electrons. The fraction of sp³-hybridized carbons (Fsp3) is 0.348. The summed E-state index contributed by atoms with van der Waals surface area (Å²) in [6.45, 7) is 4.68. The number of hydrogen-bond donors (Lipinski definition) is 2. The first-order valence-corrected chi connectivity index (χ1v) is 10.5. The lowest BCUT2D eigenvalue weighted by Crippen LogP contribution is -2.37. The molecular weight excluding hydrogens is 376 g/mol. The Hall–Kier alpha value is -3.35. The molecule has 1 aliphatic rings. The average Bonchev–Trinajstić information content (AvgIpc) is 3.50. The van der Waals surface area contributed by atoms with E-state index in [1.165, 1.54) is 12.8 Å². The second kappa shape index (κ2) is 9.91. The van der Waals surface area contributed by atoms with E-state index in [0.29, 0.717) is 13.1 Å². The summed E-state index contributed by atoms with van der Waals surface area (Å²) < 4.78 is 7.98. The van der Waals surface area contributed by atoms with E-state index in [9.17, 15) is 0 Å². The van der Waals surface area contributed by atoms with Gasteiger partial charge < -0.3 is 15.4 Å². The minimum absolute atomic E-state index is 0.514.